The van der Waals surface area contributed by atoms with Crippen LogP contribution in [0.5, 0.6) is 0 Å². The van der Waals surface area contributed by atoms with Gasteiger partial charge in [0.1, 0.15) is 6.61 Å². The van der Waals surface area contributed by atoms with Crippen molar-refractivity contribution < 1.29 is 19.1 Å². The average molecular weight is 478 g/mol. The number of para-hydroxylation sites is 1. The molecule has 1 saturated carbocycles. The van der Waals surface area contributed by atoms with E-state index in [0.29, 0.717) is 17.4 Å². The third kappa shape index (κ3) is 4.37. The van der Waals surface area contributed by atoms with E-state index in [1.807, 2.05) is 53.4 Å². The van der Waals surface area contributed by atoms with Crippen molar-refractivity contribution in [2.45, 2.75) is 44.9 Å². The van der Waals surface area contributed by atoms with Gasteiger partial charge in [0.25, 0.3) is 0 Å². The van der Waals surface area contributed by atoms with E-state index in [4.69, 9.17) is 9.47 Å². The molecule has 1 amide bonds. The van der Waals surface area contributed by atoms with Crippen molar-refractivity contribution in [1.29, 1.82) is 0 Å². The van der Waals surface area contributed by atoms with E-state index in [1.165, 1.54) is 11.3 Å². The number of thiazole rings is 1. The molecule has 1 aromatic heterocycles. The predicted molar refractivity (Wildman–Crippen MR) is 131 cm³/mol. The van der Waals surface area contributed by atoms with Crippen molar-refractivity contribution in [3.05, 3.63) is 76.8 Å². The number of aromatic nitrogens is 1. The maximum Gasteiger partial charge on any atom is 0.414 e. The van der Waals surface area contributed by atoms with Crippen molar-refractivity contribution in [3.63, 3.8) is 0 Å². The van der Waals surface area contributed by atoms with Gasteiger partial charge >= 0.3 is 12.1 Å². The molecule has 3 atom stereocenters. The molecule has 0 unspecified atom stereocenters. The number of esters is 1. The zero-order valence-corrected chi connectivity index (χ0v) is 19.8. The lowest BCUT2D eigenvalue weighted by Gasteiger charge is -2.43. The van der Waals surface area contributed by atoms with Gasteiger partial charge in [0, 0.05) is 17.3 Å². The van der Waals surface area contributed by atoms with Crippen LogP contribution < -0.4 is 10.2 Å². The van der Waals surface area contributed by atoms with Crippen LogP contribution >= 0.6 is 11.3 Å². The summed E-state index contributed by atoms with van der Waals surface area (Å²) < 4.78 is 10.8. The lowest BCUT2D eigenvalue weighted by Crippen LogP contribution is -2.49. The molecule has 0 spiro atoms. The van der Waals surface area contributed by atoms with Gasteiger partial charge in [-0.1, -0.05) is 55.0 Å². The molecule has 1 N–H and O–H groups in total. The van der Waals surface area contributed by atoms with Crippen molar-refractivity contribution >= 4 is 34.2 Å². The monoisotopic (exact) mass is 477 g/mol. The highest BCUT2D eigenvalue weighted by atomic mass is 32.1. The van der Waals surface area contributed by atoms with Crippen molar-refractivity contribution in [1.82, 2.24) is 4.98 Å². The number of carbonyl (C=O) groups is 2. The number of benzene rings is 2. The van der Waals surface area contributed by atoms with E-state index in [0.717, 1.165) is 36.1 Å². The lowest BCUT2D eigenvalue weighted by molar-refractivity contribution is 0.0520. The Kier molecular flexibility index (Phi) is 6.49. The quantitative estimate of drug-likeness (QED) is 0.452. The van der Waals surface area contributed by atoms with Crippen molar-refractivity contribution in [2.75, 3.05) is 16.8 Å². The SMILES string of the molecule is CCOC(=O)c1csc(N[C@H]2c3ccccc3N(C(=O)OCc3ccccc3)[C@@H]3CCC[C@@H]32)n1. The Labute approximate surface area is 202 Å². The molecule has 1 aliphatic carbocycles. The smallest absolute Gasteiger partial charge is 0.414 e. The number of hydrogen-bond donors (Lipinski definition) is 1. The molecule has 176 valence electrons. The number of ether oxygens (including phenoxy) is 2. The van der Waals surface area contributed by atoms with E-state index in [2.05, 4.69) is 16.4 Å². The number of anilines is 2. The number of nitrogens with zero attached hydrogens (tertiary/aromatic N) is 2. The summed E-state index contributed by atoms with van der Waals surface area (Å²) in [7, 11) is 0. The second-order valence-corrected chi connectivity index (χ2v) is 9.37. The number of fused-ring (bicyclic) bond motifs is 2. The molecule has 0 bridgehead atoms. The van der Waals surface area contributed by atoms with Gasteiger partial charge in [-0.2, -0.15) is 0 Å². The normalized spacial score (nSPS) is 20.9. The molecule has 2 aliphatic rings. The van der Waals surface area contributed by atoms with Crippen LogP contribution in [0.4, 0.5) is 15.6 Å². The standard InChI is InChI=1S/C26H27N3O4S/c1-2-32-24(30)20-16-34-25(27-20)28-23-18-11-6-7-13-21(18)29(22-14-8-12-19(22)23)26(31)33-15-17-9-4-3-5-10-17/h3-7,9-11,13,16,19,22-23H,2,8,12,14-15H2,1H3,(H,27,28)/t19-,22+,23-/m0/s1. The van der Waals surface area contributed by atoms with Crippen LogP contribution in [0.2, 0.25) is 0 Å². The Morgan fingerprint density at radius 3 is 2.71 bits per heavy atom. The molecule has 7 nitrogen and oxygen atoms in total. The summed E-state index contributed by atoms with van der Waals surface area (Å²) in [5.74, 6) is -0.198. The van der Waals surface area contributed by atoms with E-state index < -0.39 is 5.97 Å². The molecule has 2 heterocycles. The number of rotatable bonds is 6. The van der Waals surface area contributed by atoms with E-state index >= 15 is 0 Å². The van der Waals surface area contributed by atoms with Crippen LogP contribution in [0.3, 0.4) is 0 Å². The first-order chi connectivity index (χ1) is 16.7. The summed E-state index contributed by atoms with van der Waals surface area (Å²) in [4.78, 5) is 31.7. The summed E-state index contributed by atoms with van der Waals surface area (Å²) in [6, 6.07) is 17.7. The maximum atomic E-state index is 13.3. The van der Waals surface area contributed by atoms with E-state index in [-0.39, 0.29) is 30.7 Å². The van der Waals surface area contributed by atoms with E-state index in [9.17, 15) is 9.59 Å². The molecule has 34 heavy (non-hydrogen) atoms. The van der Waals surface area contributed by atoms with Crippen molar-refractivity contribution in [3.8, 4) is 0 Å². The number of amides is 1. The fourth-order valence-corrected chi connectivity index (χ4v) is 5.76. The second kappa shape index (κ2) is 9.85. The summed E-state index contributed by atoms with van der Waals surface area (Å²) in [6.45, 7) is 2.33. The molecule has 0 saturated heterocycles. The lowest BCUT2D eigenvalue weighted by atomic mass is 9.83. The molecule has 8 heteroatoms. The zero-order valence-electron chi connectivity index (χ0n) is 19.0. The van der Waals surface area contributed by atoms with Crippen LogP contribution in [0.1, 0.15) is 53.8 Å². The van der Waals surface area contributed by atoms with Crippen LogP contribution in [0.25, 0.3) is 0 Å². The Bertz CT molecular complexity index is 1170. The van der Waals surface area contributed by atoms with Crippen LogP contribution in [-0.2, 0) is 16.1 Å². The Morgan fingerprint density at radius 2 is 1.88 bits per heavy atom. The van der Waals surface area contributed by atoms with Gasteiger partial charge in [-0.15, -0.1) is 11.3 Å². The molecule has 0 radical (unpaired) electrons. The topological polar surface area (TPSA) is 80.8 Å². The highest BCUT2D eigenvalue weighted by Crippen LogP contribution is 2.49. The highest BCUT2D eigenvalue weighted by Gasteiger charge is 2.46. The molecule has 2 aromatic carbocycles. The fraction of sp³-hybridized carbons (Fsp3) is 0.346. The number of carbonyl (C=O) groups excluding carboxylic acids is 2. The summed E-state index contributed by atoms with van der Waals surface area (Å²) in [5.41, 5.74) is 3.18. The third-order valence-electron chi connectivity index (χ3n) is 6.49. The van der Waals surface area contributed by atoms with Gasteiger partial charge in [-0.3, -0.25) is 4.90 Å². The Balaban J connectivity index is 1.40. The summed E-state index contributed by atoms with van der Waals surface area (Å²) >= 11 is 1.39. The van der Waals surface area contributed by atoms with Gasteiger partial charge in [-0.05, 0) is 37.0 Å². The van der Waals surface area contributed by atoms with Gasteiger partial charge in [0.15, 0.2) is 10.8 Å². The first-order valence-electron chi connectivity index (χ1n) is 11.6. The molecule has 5 rings (SSSR count). The number of hydrogen-bond acceptors (Lipinski definition) is 7. The zero-order chi connectivity index (χ0) is 23.5. The minimum atomic E-state index is -0.415. The largest absolute Gasteiger partial charge is 0.461 e. The van der Waals surface area contributed by atoms with Gasteiger partial charge in [0.2, 0.25) is 0 Å². The molecule has 1 fully saturated rings. The van der Waals surface area contributed by atoms with Gasteiger partial charge in [-0.25, -0.2) is 14.6 Å². The Morgan fingerprint density at radius 1 is 1.09 bits per heavy atom. The van der Waals surface area contributed by atoms with Gasteiger partial charge in [0.05, 0.1) is 18.3 Å². The first-order valence-corrected chi connectivity index (χ1v) is 12.5. The van der Waals surface area contributed by atoms with Crippen LogP contribution in [-0.4, -0.2) is 29.7 Å². The second-order valence-electron chi connectivity index (χ2n) is 8.51. The molecule has 3 aromatic rings. The molecule has 1 aliphatic heterocycles. The maximum absolute atomic E-state index is 13.3. The fourth-order valence-electron chi connectivity index (χ4n) is 5.04. The van der Waals surface area contributed by atoms with Crippen LogP contribution in [0, 0.1) is 5.92 Å². The Hall–Kier alpha value is -3.39. The minimum absolute atomic E-state index is 0.0110. The predicted octanol–water partition coefficient (Wildman–Crippen LogP) is 5.80. The van der Waals surface area contributed by atoms with E-state index in [1.54, 1.807) is 12.3 Å². The molecular weight excluding hydrogens is 450 g/mol. The summed E-state index contributed by atoms with van der Waals surface area (Å²) in [6.07, 6.45) is 2.64. The summed E-state index contributed by atoms with van der Waals surface area (Å²) in [5, 5.41) is 5.96. The molecular formula is C26H27N3O4S. The average Bonchev–Trinajstić information content (AvgIpc) is 3.53. The third-order valence-corrected chi connectivity index (χ3v) is 7.27. The van der Waals surface area contributed by atoms with Gasteiger partial charge < -0.3 is 14.8 Å². The first kappa shape index (κ1) is 22.4. The number of nitrogens with one attached hydrogen (secondary N) is 1. The van der Waals surface area contributed by atoms with Crippen LogP contribution in [0.15, 0.2) is 60.0 Å². The minimum Gasteiger partial charge on any atom is -0.461 e. The highest BCUT2D eigenvalue weighted by molar-refractivity contribution is 7.13. The van der Waals surface area contributed by atoms with Crippen molar-refractivity contribution in [2.24, 2.45) is 5.92 Å².